The van der Waals surface area contributed by atoms with Gasteiger partial charge in [0.2, 0.25) is 11.8 Å². The van der Waals surface area contributed by atoms with Crippen LogP contribution in [-0.2, 0) is 23.9 Å². The molecule has 2 bridgehead atoms. The fraction of sp³-hybridized carbons (Fsp3) is 0.773. The summed E-state index contributed by atoms with van der Waals surface area (Å²) in [6, 6.07) is -0.789. The van der Waals surface area contributed by atoms with Crippen molar-refractivity contribution in [2.24, 2.45) is 11.8 Å². The molecule has 3 heterocycles. The molecule has 0 aromatic heterocycles. The third-order valence-electron chi connectivity index (χ3n) is 6.59. The molecular weight excluding hydrogens is 388 g/mol. The normalized spacial score (nSPS) is 31.7. The van der Waals surface area contributed by atoms with Gasteiger partial charge in [0.05, 0.1) is 24.5 Å². The average Bonchev–Trinajstić information content (AvgIpc) is 3.36. The van der Waals surface area contributed by atoms with Crippen molar-refractivity contribution in [1.29, 1.82) is 0 Å². The molecule has 3 saturated heterocycles. The van der Waals surface area contributed by atoms with E-state index in [0.29, 0.717) is 32.4 Å². The maximum atomic E-state index is 13.7. The first-order valence-corrected chi connectivity index (χ1v) is 11.1. The largest absolute Gasteiger partial charge is 0.466 e. The van der Waals surface area contributed by atoms with E-state index in [2.05, 4.69) is 13.5 Å². The van der Waals surface area contributed by atoms with E-state index in [1.54, 1.807) is 22.8 Å². The highest BCUT2D eigenvalue weighted by Crippen LogP contribution is 2.58. The van der Waals surface area contributed by atoms with Crippen molar-refractivity contribution in [1.82, 2.24) is 9.80 Å². The number of aliphatic hydroxyl groups is 1. The zero-order chi connectivity index (χ0) is 21.9. The summed E-state index contributed by atoms with van der Waals surface area (Å²) in [6.45, 7) is 8.93. The Hall–Kier alpha value is -1.93. The van der Waals surface area contributed by atoms with Gasteiger partial charge in [-0.1, -0.05) is 19.4 Å². The van der Waals surface area contributed by atoms with E-state index in [9.17, 15) is 19.5 Å². The molecule has 3 fully saturated rings. The van der Waals surface area contributed by atoms with Crippen molar-refractivity contribution in [3.8, 4) is 0 Å². The number of carbonyl (C=O) groups excluding carboxylic acids is 3. The average molecular weight is 423 g/mol. The summed E-state index contributed by atoms with van der Waals surface area (Å²) in [5.41, 5.74) is -1.00. The van der Waals surface area contributed by atoms with Crippen molar-refractivity contribution < 1.29 is 29.0 Å². The van der Waals surface area contributed by atoms with Crippen LogP contribution in [0.4, 0.5) is 0 Å². The van der Waals surface area contributed by atoms with Gasteiger partial charge in [0.15, 0.2) is 0 Å². The Morgan fingerprint density at radius 3 is 2.80 bits per heavy atom. The molecule has 2 amide bonds. The maximum absolute atomic E-state index is 13.7. The lowest BCUT2D eigenvalue weighted by Crippen LogP contribution is -2.56. The van der Waals surface area contributed by atoms with Crippen LogP contribution in [0.15, 0.2) is 12.7 Å². The van der Waals surface area contributed by atoms with Crippen molar-refractivity contribution in [3.05, 3.63) is 12.7 Å². The smallest absolute Gasteiger partial charge is 0.312 e. The molecule has 2 unspecified atom stereocenters. The summed E-state index contributed by atoms with van der Waals surface area (Å²) in [5, 5.41) is 9.34. The van der Waals surface area contributed by atoms with Crippen LogP contribution in [0, 0.1) is 11.8 Å². The number of carbonyl (C=O) groups is 3. The second kappa shape index (κ2) is 9.47. The number of fused-ring (bicyclic) bond motifs is 1. The fourth-order valence-electron chi connectivity index (χ4n) is 5.39. The van der Waals surface area contributed by atoms with Gasteiger partial charge < -0.3 is 24.4 Å². The molecule has 5 atom stereocenters. The van der Waals surface area contributed by atoms with Crippen molar-refractivity contribution >= 4 is 17.8 Å². The van der Waals surface area contributed by atoms with Crippen LogP contribution in [0.5, 0.6) is 0 Å². The molecule has 0 aromatic rings. The van der Waals surface area contributed by atoms with E-state index in [1.807, 2.05) is 0 Å². The monoisotopic (exact) mass is 422 g/mol. The fourth-order valence-corrected chi connectivity index (χ4v) is 5.39. The third kappa shape index (κ3) is 3.64. The van der Waals surface area contributed by atoms with E-state index < -0.39 is 35.6 Å². The zero-order valence-electron chi connectivity index (χ0n) is 18.0. The minimum absolute atomic E-state index is 0.0840. The summed E-state index contributed by atoms with van der Waals surface area (Å²) in [6.07, 6.45) is 4.64. The van der Waals surface area contributed by atoms with Crippen molar-refractivity contribution in [2.45, 2.75) is 63.7 Å². The number of rotatable bonds is 11. The van der Waals surface area contributed by atoms with Gasteiger partial charge in [-0.25, -0.2) is 0 Å². The molecule has 8 nitrogen and oxygen atoms in total. The van der Waals surface area contributed by atoms with Gasteiger partial charge in [-0.3, -0.25) is 14.4 Å². The molecule has 0 saturated carbocycles. The lowest BCUT2D eigenvalue weighted by Gasteiger charge is -2.36. The van der Waals surface area contributed by atoms with Crippen LogP contribution in [0.25, 0.3) is 0 Å². The number of nitrogens with zero attached hydrogens (tertiary/aromatic N) is 2. The second-order valence-electron chi connectivity index (χ2n) is 8.34. The lowest BCUT2D eigenvalue weighted by molar-refractivity contribution is -0.155. The number of ether oxygens (including phenoxy) is 2. The Balaban J connectivity index is 1.97. The van der Waals surface area contributed by atoms with Crippen molar-refractivity contribution in [3.63, 3.8) is 0 Å². The minimum atomic E-state index is -1.00. The number of hydrogen-bond acceptors (Lipinski definition) is 6. The minimum Gasteiger partial charge on any atom is -0.466 e. The van der Waals surface area contributed by atoms with Gasteiger partial charge in [-0.2, -0.15) is 0 Å². The van der Waals surface area contributed by atoms with E-state index in [0.717, 1.165) is 12.8 Å². The Morgan fingerprint density at radius 2 is 2.17 bits per heavy atom. The molecule has 1 spiro atoms. The Kier molecular flexibility index (Phi) is 7.18. The number of amides is 2. The molecule has 8 heteroatoms. The number of likely N-dealkylation sites (tertiary alicyclic amines) is 1. The summed E-state index contributed by atoms with van der Waals surface area (Å²) in [4.78, 5) is 43.1. The zero-order valence-corrected chi connectivity index (χ0v) is 18.0. The van der Waals surface area contributed by atoms with E-state index in [1.165, 1.54) is 0 Å². The van der Waals surface area contributed by atoms with Crippen LogP contribution < -0.4 is 0 Å². The van der Waals surface area contributed by atoms with Gasteiger partial charge in [0, 0.05) is 26.2 Å². The highest BCUT2D eigenvalue weighted by Gasteiger charge is 2.74. The summed E-state index contributed by atoms with van der Waals surface area (Å²) in [5.74, 6) is -2.21. The predicted octanol–water partition coefficient (Wildman–Crippen LogP) is 1.12. The van der Waals surface area contributed by atoms with Gasteiger partial charge in [0.1, 0.15) is 11.6 Å². The highest BCUT2D eigenvalue weighted by atomic mass is 16.6. The number of unbranched alkanes of at least 4 members (excludes halogenated alkanes) is 1. The van der Waals surface area contributed by atoms with Crippen LogP contribution in [0.3, 0.4) is 0 Å². The maximum Gasteiger partial charge on any atom is 0.312 e. The Bertz CT molecular complexity index is 683. The molecule has 0 aromatic carbocycles. The molecule has 1 N–H and O–H groups in total. The SMILES string of the molecule is C=CCN(CCCC)C(=O)C1N(CCCO)C(=O)[C@@H]2[C@@H](C(=O)OCC)[C@H]3CCC12O3. The first kappa shape index (κ1) is 22.7. The Labute approximate surface area is 178 Å². The highest BCUT2D eigenvalue weighted by molar-refractivity contribution is 5.98. The van der Waals surface area contributed by atoms with E-state index in [-0.39, 0.29) is 31.6 Å². The molecule has 30 heavy (non-hydrogen) atoms. The Morgan fingerprint density at radius 1 is 1.40 bits per heavy atom. The van der Waals surface area contributed by atoms with Crippen LogP contribution >= 0.6 is 0 Å². The first-order chi connectivity index (χ1) is 14.5. The summed E-state index contributed by atoms with van der Waals surface area (Å²) >= 11 is 0. The standard InChI is InChI=1S/C22H34N2O6/c1-4-7-12-23(11-5-2)20(27)18-22-10-9-15(30-22)16(21(28)29-6-3)17(22)19(26)24(18)13-8-14-25/h5,15-18,25H,2,4,6-14H2,1,3H3/t15-,16+,17+,18?,22?/m1/s1. The van der Waals surface area contributed by atoms with Crippen LogP contribution in [0.2, 0.25) is 0 Å². The molecule has 0 radical (unpaired) electrons. The van der Waals surface area contributed by atoms with Crippen LogP contribution in [0.1, 0.15) is 46.0 Å². The molecule has 3 aliphatic rings. The van der Waals surface area contributed by atoms with Crippen LogP contribution in [-0.4, -0.2) is 83.3 Å². The second-order valence-corrected chi connectivity index (χ2v) is 8.34. The lowest BCUT2D eigenvalue weighted by atomic mass is 9.70. The van der Waals surface area contributed by atoms with Gasteiger partial charge in [-0.05, 0) is 32.6 Å². The van der Waals surface area contributed by atoms with Gasteiger partial charge in [-0.15, -0.1) is 6.58 Å². The summed E-state index contributed by atoms with van der Waals surface area (Å²) in [7, 11) is 0. The van der Waals surface area contributed by atoms with Gasteiger partial charge in [0.25, 0.3) is 0 Å². The molecule has 168 valence electrons. The van der Waals surface area contributed by atoms with Crippen molar-refractivity contribution in [2.75, 3.05) is 32.8 Å². The number of aliphatic hydroxyl groups excluding tert-OH is 1. The number of hydrogen-bond donors (Lipinski definition) is 1. The first-order valence-electron chi connectivity index (χ1n) is 11.1. The predicted molar refractivity (Wildman–Crippen MR) is 109 cm³/mol. The molecule has 3 rings (SSSR count). The third-order valence-corrected chi connectivity index (χ3v) is 6.59. The van der Waals surface area contributed by atoms with Gasteiger partial charge >= 0.3 is 5.97 Å². The molecule has 0 aliphatic carbocycles. The quantitative estimate of drug-likeness (QED) is 0.396. The topological polar surface area (TPSA) is 96.4 Å². The molecular formula is C22H34N2O6. The van der Waals surface area contributed by atoms with E-state index >= 15 is 0 Å². The number of esters is 1. The molecule has 3 aliphatic heterocycles. The van der Waals surface area contributed by atoms with E-state index in [4.69, 9.17) is 9.47 Å². The summed E-state index contributed by atoms with van der Waals surface area (Å²) < 4.78 is 11.6.